The molecule has 4 aromatic rings. The van der Waals surface area contributed by atoms with Gasteiger partial charge in [-0.05, 0) is 75.2 Å². The van der Waals surface area contributed by atoms with Crippen molar-refractivity contribution in [2.45, 2.75) is 33.6 Å². The van der Waals surface area contributed by atoms with Gasteiger partial charge >= 0.3 is 0 Å². The molecule has 1 N–H and O–H groups in total. The smallest absolute Gasteiger partial charge is 0.224 e. The lowest BCUT2D eigenvalue weighted by molar-refractivity contribution is -0.116. The lowest BCUT2D eigenvalue weighted by atomic mass is 10.1. The minimum absolute atomic E-state index is 0.0505. The van der Waals surface area contributed by atoms with Gasteiger partial charge in [-0.2, -0.15) is 10.1 Å². The van der Waals surface area contributed by atoms with E-state index in [2.05, 4.69) is 20.4 Å². The zero-order chi connectivity index (χ0) is 24.1. The highest BCUT2D eigenvalue weighted by Gasteiger charge is 2.10. The third-order valence-corrected chi connectivity index (χ3v) is 5.19. The van der Waals surface area contributed by atoms with Crippen LogP contribution in [-0.2, 0) is 11.2 Å². The van der Waals surface area contributed by atoms with Gasteiger partial charge in [0.1, 0.15) is 17.3 Å². The average Bonchev–Trinajstić information content (AvgIpc) is 3.17. The van der Waals surface area contributed by atoms with Gasteiger partial charge in [0.25, 0.3) is 0 Å². The molecule has 174 valence electrons. The predicted octanol–water partition coefficient (Wildman–Crippen LogP) is 4.96. The van der Waals surface area contributed by atoms with Gasteiger partial charge < -0.3 is 14.8 Å². The second kappa shape index (κ2) is 10.2. The van der Waals surface area contributed by atoms with E-state index in [-0.39, 0.29) is 5.91 Å². The summed E-state index contributed by atoms with van der Waals surface area (Å²) in [5.74, 6) is 3.01. The van der Waals surface area contributed by atoms with Crippen molar-refractivity contribution >= 4 is 11.6 Å². The third kappa shape index (κ3) is 5.78. The first-order valence-corrected chi connectivity index (χ1v) is 11.0. The number of aromatic nitrogens is 4. The number of carbonyl (C=O) groups is 1. The molecule has 0 bridgehead atoms. The third-order valence-electron chi connectivity index (χ3n) is 5.19. The molecular weight excluding hydrogens is 430 g/mol. The SMILES string of the molecule is COc1ccc(CCC(=O)Nc2ccc(Oc3cc(-n4nc(C)cc4C)nc(C)n3)cc2)cc1. The summed E-state index contributed by atoms with van der Waals surface area (Å²) in [5.41, 5.74) is 3.68. The molecule has 2 aromatic heterocycles. The molecule has 0 aliphatic rings. The largest absolute Gasteiger partial charge is 0.497 e. The molecule has 8 heteroatoms. The number of benzene rings is 2. The fraction of sp³-hybridized carbons (Fsp3) is 0.231. The van der Waals surface area contributed by atoms with Crippen molar-refractivity contribution in [2.75, 3.05) is 12.4 Å². The Balaban J connectivity index is 1.36. The fourth-order valence-corrected chi connectivity index (χ4v) is 3.55. The van der Waals surface area contributed by atoms with Crippen molar-refractivity contribution in [1.29, 1.82) is 0 Å². The van der Waals surface area contributed by atoms with E-state index >= 15 is 0 Å². The molecule has 2 heterocycles. The lowest BCUT2D eigenvalue weighted by Crippen LogP contribution is -2.12. The molecule has 0 radical (unpaired) electrons. The maximum absolute atomic E-state index is 12.3. The number of nitrogens with zero attached hydrogens (tertiary/aromatic N) is 4. The molecule has 0 atom stereocenters. The molecule has 8 nitrogen and oxygen atoms in total. The lowest BCUT2D eigenvalue weighted by Gasteiger charge is -2.10. The summed E-state index contributed by atoms with van der Waals surface area (Å²) >= 11 is 0. The fourth-order valence-electron chi connectivity index (χ4n) is 3.55. The van der Waals surface area contributed by atoms with Crippen LogP contribution in [0.5, 0.6) is 17.4 Å². The number of ether oxygens (including phenoxy) is 2. The number of carbonyl (C=O) groups excluding carboxylic acids is 1. The van der Waals surface area contributed by atoms with E-state index in [9.17, 15) is 4.79 Å². The van der Waals surface area contributed by atoms with Gasteiger partial charge in [-0.25, -0.2) is 9.67 Å². The highest BCUT2D eigenvalue weighted by molar-refractivity contribution is 5.90. The van der Waals surface area contributed by atoms with Crippen LogP contribution in [0.1, 0.15) is 29.2 Å². The molecular formula is C26H27N5O3. The Morgan fingerprint density at radius 1 is 0.941 bits per heavy atom. The van der Waals surface area contributed by atoms with Gasteiger partial charge in [0.05, 0.1) is 12.8 Å². The van der Waals surface area contributed by atoms with Gasteiger partial charge in [0.2, 0.25) is 11.8 Å². The van der Waals surface area contributed by atoms with E-state index in [1.807, 2.05) is 51.1 Å². The van der Waals surface area contributed by atoms with E-state index < -0.39 is 0 Å². The summed E-state index contributed by atoms with van der Waals surface area (Å²) in [6, 6.07) is 18.6. The van der Waals surface area contributed by atoms with Gasteiger partial charge in [0.15, 0.2) is 5.82 Å². The number of nitrogens with one attached hydrogen (secondary N) is 1. The molecule has 1 amide bonds. The Labute approximate surface area is 198 Å². The van der Waals surface area contributed by atoms with E-state index in [0.29, 0.717) is 41.8 Å². The van der Waals surface area contributed by atoms with Crippen LogP contribution in [0.25, 0.3) is 5.82 Å². The first-order chi connectivity index (χ1) is 16.4. The normalized spacial score (nSPS) is 10.7. The highest BCUT2D eigenvalue weighted by atomic mass is 16.5. The first-order valence-electron chi connectivity index (χ1n) is 11.0. The van der Waals surface area contributed by atoms with Crippen molar-refractivity contribution in [3.8, 4) is 23.2 Å². The van der Waals surface area contributed by atoms with Crippen molar-refractivity contribution < 1.29 is 14.3 Å². The number of amides is 1. The molecule has 2 aromatic carbocycles. The van der Waals surface area contributed by atoms with Gasteiger partial charge in [-0.3, -0.25) is 4.79 Å². The second-order valence-electron chi connectivity index (χ2n) is 7.97. The van der Waals surface area contributed by atoms with Crippen LogP contribution in [0.15, 0.2) is 60.7 Å². The minimum Gasteiger partial charge on any atom is -0.497 e. The van der Waals surface area contributed by atoms with Crippen LogP contribution in [0.4, 0.5) is 5.69 Å². The molecule has 4 rings (SSSR count). The van der Waals surface area contributed by atoms with E-state index in [1.165, 1.54) is 0 Å². The molecule has 34 heavy (non-hydrogen) atoms. The number of hydrogen-bond acceptors (Lipinski definition) is 6. The Kier molecular flexibility index (Phi) is 6.87. The van der Waals surface area contributed by atoms with E-state index in [4.69, 9.17) is 9.47 Å². The van der Waals surface area contributed by atoms with Crippen LogP contribution >= 0.6 is 0 Å². The highest BCUT2D eigenvalue weighted by Crippen LogP contribution is 2.24. The Hall–Kier alpha value is -4.20. The molecule has 0 aliphatic carbocycles. The standard InChI is InChI=1S/C26H27N5O3/c1-17-15-18(2)31(30-17)24-16-26(28-19(3)27-24)34-23-12-8-21(9-13-23)29-25(32)14-7-20-5-10-22(33-4)11-6-20/h5-6,8-13,15-16H,7,14H2,1-4H3,(H,29,32). The molecule has 0 fully saturated rings. The van der Waals surface area contributed by atoms with E-state index in [1.54, 1.807) is 42.1 Å². The van der Waals surface area contributed by atoms with E-state index in [0.717, 1.165) is 22.7 Å². The Morgan fingerprint density at radius 3 is 2.29 bits per heavy atom. The molecule has 0 aliphatic heterocycles. The number of hydrogen-bond donors (Lipinski definition) is 1. The molecule has 0 spiro atoms. The van der Waals surface area contributed by atoms with Crippen LogP contribution in [0.2, 0.25) is 0 Å². The van der Waals surface area contributed by atoms with Gasteiger partial charge in [-0.15, -0.1) is 0 Å². The zero-order valence-electron chi connectivity index (χ0n) is 19.7. The van der Waals surface area contributed by atoms with Crippen LogP contribution in [0.3, 0.4) is 0 Å². The summed E-state index contributed by atoms with van der Waals surface area (Å²) in [4.78, 5) is 21.2. The summed E-state index contributed by atoms with van der Waals surface area (Å²) in [6.07, 6.45) is 1.04. The number of aryl methyl sites for hydroxylation is 4. The number of anilines is 1. The zero-order valence-corrected chi connectivity index (χ0v) is 19.7. The van der Waals surface area contributed by atoms with Crippen LogP contribution in [0, 0.1) is 20.8 Å². The van der Waals surface area contributed by atoms with Crippen molar-refractivity contribution in [3.63, 3.8) is 0 Å². The summed E-state index contributed by atoms with van der Waals surface area (Å²) in [6.45, 7) is 5.73. The van der Waals surface area contributed by atoms with Gasteiger partial charge in [0, 0.05) is 23.9 Å². The summed E-state index contributed by atoms with van der Waals surface area (Å²) < 4.78 is 12.9. The molecule has 0 unspecified atom stereocenters. The topological polar surface area (TPSA) is 91.2 Å². The van der Waals surface area contributed by atoms with Gasteiger partial charge in [-0.1, -0.05) is 12.1 Å². The summed E-state index contributed by atoms with van der Waals surface area (Å²) in [7, 11) is 1.63. The monoisotopic (exact) mass is 457 g/mol. The number of methoxy groups -OCH3 is 1. The van der Waals surface area contributed by atoms with Crippen molar-refractivity contribution in [1.82, 2.24) is 19.7 Å². The maximum Gasteiger partial charge on any atom is 0.224 e. The maximum atomic E-state index is 12.3. The van der Waals surface area contributed by atoms with Crippen molar-refractivity contribution in [2.24, 2.45) is 0 Å². The Bertz CT molecular complexity index is 1280. The first kappa shape index (κ1) is 23.0. The Morgan fingerprint density at radius 2 is 1.65 bits per heavy atom. The number of rotatable bonds is 8. The summed E-state index contributed by atoms with van der Waals surface area (Å²) in [5, 5.41) is 7.39. The molecule has 0 saturated carbocycles. The quantitative estimate of drug-likeness (QED) is 0.402. The minimum atomic E-state index is -0.0505. The average molecular weight is 458 g/mol. The molecule has 0 saturated heterocycles. The van der Waals surface area contributed by atoms with Crippen LogP contribution in [-0.4, -0.2) is 32.8 Å². The van der Waals surface area contributed by atoms with Crippen molar-refractivity contribution in [3.05, 3.63) is 83.4 Å². The van der Waals surface area contributed by atoms with Crippen LogP contribution < -0.4 is 14.8 Å². The second-order valence-corrected chi connectivity index (χ2v) is 7.97. The predicted molar refractivity (Wildman–Crippen MR) is 130 cm³/mol.